The van der Waals surface area contributed by atoms with Crippen molar-refractivity contribution < 1.29 is 4.79 Å². The van der Waals surface area contributed by atoms with Crippen LogP contribution in [0.15, 0.2) is 41.7 Å². The summed E-state index contributed by atoms with van der Waals surface area (Å²) in [4.78, 5) is 32.5. The van der Waals surface area contributed by atoms with Crippen LogP contribution in [-0.2, 0) is 0 Å². The number of hydrogen-bond acceptors (Lipinski definition) is 4. The Kier molecular flexibility index (Phi) is 2.73. The smallest absolute Gasteiger partial charge is 0.275 e. The van der Waals surface area contributed by atoms with E-state index in [0.717, 1.165) is 0 Å². The highest BCUT2D eigenvalue weighted by molar-refractivity contribution is 6.02. The molecule has 0 aliphatic rings. The van der Waals surface area contributed by atoms with Crippen LogP contribution in [0, 0.1) is 0 Å². The van der Waals surface area contributed by atoms with E-state index in [0.29, 0.717) is 5.69 Å². The zero-order valence-corrected chi connectivity index (χ0v) is 8.18. The molecule has 2 heterocycles. The molecule has 0 aliphatic heterocycles. The molecule has 6 heteroatoms. The predicted octanol–water partition coefficient (Wildman–Crippen LogP) is 0.417. The number of hydrogen-bond donors (Lipinski definition) is 2. The fourth-order valence-electron chi connectivity index (χ4n) is 1.10. The van der Waals surface area contributed by atoms with Gasteiger partial charge in [-0.1, -0.05) is 0 Å². The quantitative estimate of drug-likeness (QED) is 0.761. The van der Waals surface area contributed by atoms with Gasteiger partial charge in [-0.05, 0) is 6.07 Å². The van der Waals surface area contributed by atoms with Gasteiger partial charge in [-0.3, -0.25) is 14.6 Å². The number of rotatable bonds is 2. The van der Waals surface area contributed by atoms with Crippen molar-refractivity contribution in [3.8, 4) is 0 Å². The molecule has 16 heavy (non-hydrogen) atoms. The standard InChI is InChI=1S/C10H8N4O2/c15-9-2-1-7(5-13-9)14-10(16)8-6-11-3-4-12-8/h1-6H,(H,13,15)(H,14,16). The third kappa shape index (κ3) is 2.30. The number of nitrogens with zero attached hydrogens (tertiary/aromatic N) is 2. The van der Waals surface area contributed by atoms with Crippen molar-refractivity contribution in [2.24, 2.45) is 0 Å². The SMILES string of the molecule is O=C(Nc1ccc(=O)[nH]c1)c1cnccn1. The molecule has 0 fully saturated rings. The van der Waals surface area contributed by atoms with Crippen molar-refractivity contribution in [1.82, 2.24) is 15.0 Å². The Morgan fingerprint density at radius 2 is 2.19 bits per heavy atom. The molecule has 0 spiro atoms. The first-order valence-corrected chi connectivity index (χ1v) is 4.52. The Labute approximate surface area is 90.4 Å². The predicted molar refractivity (Wildman–Crippen MR) is 57.0 cm³/mol. The fourth-order valence-corrected chi connectivity index (χ4v) is 1.10. The van der Waals surface area contributed by atoms with Gasteiger partial charge in [0, 0.05) is 24.7 Å². The van der Waals surface area contributed by atoms with Gasteiger partial charge >= 0.3 is 0 Å². The van der Waals surface area contributed by atoms with Gasteiger partial charge in [-0.25, -0.2) is 4.98 Å². The van der Waals surface area contributed by atoms with Gasteiger partial charge in [0.1, 0.15) is 5.69 Å². The van der Waals surface area contributed by atoms with Gasteiger partial charge < -0.3 is 10.3 Å². The van der Waals surface area contributed by atoms with Crippen molar-refractivity contribution in [3.63, 3.8) is 0 Å². The van der Waals surface area contributed by atoms with Crippen molar-refractivity contribution >= 4 is 11.6 Å². The minimum atomic E-state index is -0.375. The minimum absolute atomic E-state index is 0.216. The highest BCUT2D eigenvalue weighted by Gasteiger charge is 2.06. The van der Waals surface area contributed by atoms with E-state index >= 15 is 0 Å². The van der Waals surface area contributed by atoms with Crippen LogP contribution < -0.4 is 10.9 Å². The second kappa shape index (κ2) is 4.35. The third-order valence-electron chi connectivity index (χ3n) is 1.84. The van der Waals surface area contributed by atoms with Crippen LogP contribution in [0.4, 0.5) is 5.69 Å². The molecule has 2 aromatic heterocycles. The Bertz CT molecular complexity index is 530. The van der Waals surface area contributed by atoms with Crippen LogP contribution in [0.2, 0.25) is 0 Å². The van der Waals surface area contributed by atoms with E-state index in [2.05, 4.69) is 20.3 Å². The summed E-state index contributed by atoms with van der Waals surface area (Å²) in [5.41, 5.74) is 0.487. The van der Waals surface area contributed by atoms with Gasteiger partial charge in [0.15, 0.2) is 0 Å². The molecule has 0 unspecified atom stereocenters. The normalized spacial score (nSPS) is 9.75. The van der Waals surface area contributed by atoms with E-state index in [4.69, 9.17) is 0 Å². The zero-order valence-electron chi connectivity index (χ0n) is 8.18. The Morgan fingerprint density at radius 3 is 2.81 bits per heavy atom. The maximum atomic E-state index is 11.6. The molecule has 0 saturated heterocycles. The van der Waals surface area contributed by atoms with E-state index in [1.165, 1.54) is 36.9 Å². The molecule has 0 saturated carbocycles. The number of anilines is 1. The van der Waals surface area contributed by atoms with Crippen LogP contribution in [0.3, 0.4) is 0 Å². The lowest BCUT2D eigenvalue weighted by Crippen LogP contribution is -2.15. The van der Waals surface area contributed by atoms with Crippen LogP contribution in [0.1, 0.15) is 10.5 Å². The van der Waals surface area contributed by atoms with Crippen LogP contribution >= 0.6 is 0 Å². The number of carbonyl (C=O) groups excluding carboxylic acids is 1. The van der Waals surface area contributed by atoms with Gasteiger partial charge in [0.25, 0.3) is 5.91 Å². The summed E-state index contributed by atoms with van der Waals surface area (Å²) in [5, 5.41) is 2.57. The van der Waals surface area contributed by atoms with E-state index in [1.807, 2.05) is 0 Å². The van der Waals surface area contributed by atoms with Crippen LogP contribution in [0.5, 0.6) is 0 Å². The molecular formula is C10H8N4O2. The second-order valence-electron chi connectivity index (χ2n) is 2.99. The summed E-state index contributed by atoms with van der Waals surface area (Å²) in [6.45, 7) is 0. The first kappa shape index (κ1) is 10.0. The summed E-state index contributed by atoms with van der Waals surface area (Å²) in [5.74, 6) is -0.375. The second-order valence-corrected chi connectivity index (χ2v) is 2.99. The Hall–Kier alpha value is -2.50. The van der Waals surface area contributed by atoms with Gasteiger partial charge in [0.2, 0.25) is 5.56 Å². The molecule has 0 radical (unpaired) electrons. The van der Waals surface area contributed by atoms with E-state index in [-0.39, 0.29) is 17.2 Å². The van der Waals surface area contributed by atoms with Crippen molar-refractivity contribution in [3.05, 3.63) is 53.0 Å². The molecule has 2 N–H and O–H groups in total. The van der Waals surface area contributed by atoms with Crippen molar-refractivity contribution in [1.29, 1.82) is 0 Å². The molecule has 6 nitrogen and oxygen atoms in total. The zero-order chi connectivity index (χ0) is 11.4. The first-order valence-electron chi connectivity index (χ1n) is 4.52. The maximum absolute atomic E-state index is 11.6. The average molecular weight is 216 g/mol. The Balaban J connectivity index is 2.14. The first-order chi connectivity index (χ1) is 7.75. The lowest BCUT2D eigenvalue weighted by Gasteiger charge is -2.02. The molecule has 1 amide bonds. The Morgan fingerprint density at radius 1 is 1.31 bits per heavy atom. The molecule has 0 aliphatic carbocycles. The lowest BCUT2D eigenvalue weighted by molar-refractivity contribution is 0.102. The minimum Gasteiger partial charge on any atom is -0.327 e. The highest BCUT2D eigenvalue weighted by Crippen LogP contribution is 2.03. The highest BCUT2D eigenvalue weighted by atomic mass is 16.2. The molecule has 2 aromatic rings. The van der Waals surface area contributed by atoms with Gasteiger partial charge in [-0.15, -0.1) is 0 Å². The van der Waals surface area contributed by atoms with E-state index in [9.17, 15) is 9.59 Å². The van der Waals surface area contributed by atoms with Crippen LogP contribution in [-0.4, -0.2) is 20.9 Å². The number of pyridine rings is 1. The largest absolute Gasteiger partial charge is 0.327 e. The molecule has 0 atom stereocenters. The summed E-state index contributed by atoms with van der Waals surface area (Å²) < 4.78 is 0. The summed E-state index contributed by atoms with van der Waals surface area (Å²) in [7, 11) is 0. The maximum Gasteiger partial charge on any atom is 0.275 e. The monoisotopic (exact) mass is 216 g/mol. The van der Waals surface area contributed by atoms with E-state index < -0.39 is 0 Å². The topological polar surface area (TPSA) is 87.7 Å². The average Bonchev–Trinajstić information content (AvgIpc) is 2.33. The number of carbonyl (C=O) groups is 1. The summed E-state index contributed by atoms with van der Waals surface area (Å²) >= 11 is 0. The fraction of sp³-hybridized carbons (Fsp3) is 0. The van der Waals surface area contributed by atoms with Crippen LogP contribution in [0.25, 0.3) is 0 Å². The number of aromatic amines is 1. The van der Waals surface area contributed by atoms with Crippen molar-refractivity contribution in [2.75, 3.05) is 5.32 Å². The molecule has 0 aromatic carbocycles. The van der Waals surface area contributed by atoms with Crippen molar-refractivity contribution in [2.45, 2.75) is 0 Å². The molecule has 80 valence electrons. The molecular weight excluding hydrogens is 208 g/mol. The lowest BCUT2D eigenvalue weighted by atomic mass is 10.3. The number of amides is 1. The summed E-state index contributed by atoms with van der Waals surface area (Å²) in [6.07, 6.45) is 5.69. The molecule has 2 rings (SSSR count). The third-order valence-corrected chi connectivity index (χ3v) is 1.84. The van der Waals surface area contributed by atoms with Gasteiger partial charge in [-0.2, -0.15) is 0 Å². The molecule has 0 bridgehead atoms. The number of nitrogens with one attached hydrogen (secondary N) is 2. The van der Waals surface area contributed by atoms with E-state index in [1.54, 1.807) is 0 Å². The van der Waals surface area contributed by atoms with Gasteiger partial charge in [0.05, 0.1) is 11.9 Å². The number of H-pyrrole nitrogens is 1. The number of aromatic nitrogens is 3. The summed E-state index contributed by atoms with van der Waals surface area (Å²) in [6, 6.07) is 2.83.